The molecule has 6 nitrogen and oxygen atoms in total. The number of aryl methyl sites for hydroxylation is 1. The molecule has 192 valence electrons. The molecule has 35 heavy (non-hydrogen) atoms. The minimum atomic E-state index is -0.180. The normalized spacial score (nSPS) is 17.7. The number of hydrogen-bond donors (Lipinski definition) is 2. The van der Waals surface area contributed by atoms with E-state index in [2.05, 4.69) is 22.5 Å². The molecule has 1 fully saturated rings. The Labute approximate surface area is 214 Å². The fraction of sp³-hybridized carbons (Fsp3) is 0.607. The minimum absolute atomic E-state index is 0.00673. The Morgan fingerprint density at radius 1 is 0.971 bits per heavy atom. The minimum Gasteiger partial charge on any atom is -0.486 e. The summed E-state index contributed by atoms with van der Waals surface area (Å²) in [4.78, 5) is 29.8. The lowest BCUT2D eigenvalue weighted by atomic mass is 9.90. The first-order chi connectivity index (χ1) is 17.0. The maximum Gasteiger partial charge on any atom is 0.271 e. The molecule has 0 spiro atoms. The van der Waals surface area contributed by atoms with Crippen LogP contribution in [0.2, 0.25) is 0 Å². The second-order valence-electron chi connectivity index (χ2n) is 9.64. The lowest BCUT2D eigenvalue weighted by molar-refractivity contribution is -0.122. The van der Waals surface area contributed by atoms with Crippen LogP contribution in [-0.2, 0) is 11.4 Å². The largest absolute Gasteiger partial charge is 0.486 e. The Morgan fingerprint density at radius 3 is 2.34 bits per heavy atom. The smallest absolute Gasteiger partial charge is 0.271 e. The quantitative estimate of drug-likeness (QED) is 0.298. The van der Waals surface area contributed by atoms with Crippen molar-refractivity contribution in [2.24, 2.45) is 0 Å². The number of carbonyl (C=O) groups is 2. The van der Waals surface area contributed by atoms with E-state index < -0.39 is 0 Å². The Bertz CT molecular complexity index is 912. The standard InChI is InChI=1S/C28H41N3O3S/c1-3-4-5-6-7-8-9-14-26(32)29-23-12-10-11-13-24(23)31-28(33)25-20-35-27(30-25)19-34-22-17-15-21(2)16-18-22/h15-18,20,23-24H,3-14,19H2,1-2H3,(H,29,32)(H,31,33)/t23-,24-/m1/s1. The molecular weight excluding hydrogens is 458 g/mol. The molecule has 0 radical (unpaired) electrons. The van der Waals surface area contributed by atoms with Gasteiger partial charge >= 0.3 is 0 Å². The number of amides is 2. The molecule has 1 heterocycles. The maximum atomic E-state index is 12.9. The molecule has 7 heteroatoms. The molecule has 1 aliphatic rings. The fourth-order valence-corrected chi connectivity index (χ4v) is 5.19. The van der Waals surface area contributed by atoms with Crippen molar-refractivity contribution in [3.8, 4) is 5.75 Å². The van der Waals surface area contributed by atoms with Gasteiger partial charge in [0.2, 0.25) is 5.91 Å². The Balaban J connectivity index is 1.41. The molecule has 1 aliphatic carbocycles. The van der Waals surface area contributed by atoms with Gasteiger partial charge in [-0.1, -0.05) is 76.0 Å². The average molecular weight is 500 g/mol. The molecule has 2 N–H and O–H groups in total. The molecule has 0 saturated heterocycles. The highest BCUT2D eigenvalue weighted by Gasteiger charge is 2.28. The van der Waals surface area contributed by atoms with Crippen molar-refractivity contribution in [1.29, 1.82) is 0 Å². The number of thiazole rings is 1. The number of aromatic nitrogens is 1. The van der Waals surface area contributed by atoms with Crippen molar-refractivity contribution in [1.82, 2.24) is 15.6 Å². The zero-order chi connectivity index (χ0) is 24.9. The van der Waals surface area contributed by atoms with Gasteiger partial charge in [0.05, 0.1) is 0 Å². The van der Waals surface area contributed by atoms with Crippen LogP contribution in [0.5, 0.6) is 5.75 Å². The SMILES string of the molecule is CCCCCCCCCC(=O)N[C@@H]1CCCC[C@H]1NC(=O)c1csc(COc2ccc(C)cc2)n1. The number of nitrogens with one attached hydrogen (secondary N) is 2. The van der Waals surface area contributed by atoms with Crippen molar-refractivity contribution in [2.75, 3.05) is 0 Å². The van der Waals surface area contributed by atoms with Gasteiger partial charge in [0, 0.05) is 23.9 Å². The third kappa shape index (κ3) is 9.63. The van der Waals surface area contributed by atoms with E-state index in [0.717, 1.165) is 49.3 Å². The Morgan fingerprint density at radius 2 is 1.63 bits per heavy atom. The van der Waals surface area contributed by atoms with Crippen LogP contribution in [-0.4, -0.2) is 28.9 Å². The van der Waals surface area contributed by atoms with E-state index in [-0.39, 0.29) is 23.9 Å². The number of benzene rings is 1. The van der Waals surface area contributed by atoms with Gasteiger partial charge < -0.3 is 15.4 Å². The van der Waals surface area contributed by atoms with Gasteiger partial charge in [-0.15, -0.1) is 11.3 Å². The predicted molar refractivity (Wildman–Crippen MR) is 142 cm³/mol. The molecule has 3 rings (SSSR count). The van der Waals surface area contributed by atoms with E-state index in [1.807, 2.05) is 31.2 Å². The van der Waals surface area contributed by atoms with Crippen LogP contribution in [0.15, 0.2) is 29.6 Å². The summed E-state index contributed by atoms with van der Waals surface area (Å²) < 4.78 is 5.78. The third-order valence-corrected chi connectivity index (χ3v) is 7.43. The number of carbonyl (C=O) groups excluding carboxylic acids is 2. The Kier molecular flexibility index (Phi) is 11.5. The van der Waals surface area contributed by atoms with Gasteiger partial charge in [0.15, 0.2) is 0 Å². The zero-order valence-corrected chi connectivity index (χ0v) is 22.1. The topological polar surface area (TPSA) is 80.3 Å². The van der Waals surface area contributed by atoms with Crippen LogP contribution in [0.25, 0.3) is 0 Å². The van der Waals surface area contributed by atoms with Crippen LogP contribution in [0.3, 0.4) is 0 Å². The molecule has 0 bridgehead atoms. The van der Waals surface area contributed by atoms with Gasteiger partial charge in [-0.3, -0.25) is 9.59 Å². The molecule has 2 amide bonds. The monoisotopic (exact) mass is 499 g/mol. The molecule has 1 aromatic carbocycles. The molecule has 2 atom stereocenters. The van der Waals surface area contributed by atoms with E-state index in [1.54, 1.807) is 5.38 Å². The fourth-order valence-electron chi connectivity index (χ4n) is 4.50. The summed E-state index contributed by atoms with van der Waals surface area (Å²) in [5.41, 5.74) is 1.59. The van der Waals surface area contributed by atoms with Gasteiger partial charge in [0.25, 0.3) is 5.91 Å². The summed E-state index contributed by atoms with van der Waals surface area (Å²) in [6, 6.07) is 7.81. The maximum absolute atomic E-state index is 12.9. The van der Waals surface area contributed by atoms with E-state index in [9.17, 15) is 9.59 Å². The first-order valence-electron chi connectivity index (χ1n) is 13.3. The summed E-state index contributed by atoms with van der Waals surface area (Å²) >= 11 is 1.42. The summed E-state index contributed by atoms with van der Waals surface area (Å²) in [7, 11) is 0. The highest BCUT2D eigenvalue weighted by molar-refractivity contribution is 7.09. The highest BCUT2D eigenvalue weighted by atomic mass is 32.1. The first kappa shape index (κ1) is 27.2. The zero-order valence-electron chi connectivity index (χ0n) is 21.3. The molecule has 1 aromatic heterocycles. The van der Waals surface area contributed by atoms with E-state index in [1.165, 1.54) is 49.0 Å². The van der Waals surface area contributed by atoms with Crippen molar-refractivity contribution >= 4 is 23.2 Å². The third-order valence-electron chi connectivity index (χ3n) is 6.60. The summed E-state index contributed by atoms with van der Waals surface area (Å²) in [5, 5.41) is 8.86. The summed E-state index contributed by atoms with van der Waals surface area (Å²) in [6.45, 7) is 4.60. The molecule has 0 unspecified atom stereocenters. The van der Waals surface area contributed by atoms with Gasteiger partial charge in [0.1, 0.15) is 23.1 Å². The van der Waals surface area contributed by atoms with Gasteiger partial charge in [-0.05, 0) is 38.3 Å². The second-order valence-corrected chi connectivity index (χ2v) is 10.6. The number of hydrogen-bond acceptors (Lipinski definition) is 5. The van der Waals surface area contributed by atoms with Crippen molar-refractivity contribution in [3.05, 3.63) is 45.9 Å². The van der Waals surface area contributed by atoms with Crippen LogP contribution in [0.4, 0.5) is 0 Å². The van der Waals surface area contributed by atoms with Crippen molar-refractivity contribution in [3.63, 3.8) is 0 Å². The number of nitrogens with zero attached hydrogens (tertiary/aromatic N) is 1. The first-order valence-corrected chi connectivity index (χ1v) is 14.2. The number of rotatable bonds is 14. The molecular formula is C28H41N3O3S. The van der Waals surface area contributed by atoms with Crippen molar-refractivity contribution < 1.29 is 14.3 Å². The van der Waals surface area contributed by atoms with Gasteiger partial charge in [-0.2, -0.15) is 0 Å². The average Bonchev–Trinajstić information content (AvgIpc) is 3.34. The van der Waals surface area contributed by atoms with Crippen molar-refractivity contribution in [2.45, 2.75) is 110 Å². The predicted octanol–water partition coefficient (Wildman–Crippen LogP) is 6.33. The van der Waals surface area contributed by atoms with E-state index in [4.69, 9.17) is 4.74 Å². The van der Waals surface area contributed by atoms with Crippen LogP contribution < -0.4 is 15.4 Å². The lowest BCUT2D eigenvalue weighted by Gasteiger charge is -2.32. The van der Waals surface area contributed by atoms with Crippen LogP contribution in [0, 0.1) is 6.92 Å². The highest BCUT2D eigenvalue weighted by Crippen LogP contribution is 2.21. The van der Waals surface area contributed by atoms with Crippen LogP contribution >= 0.6 is 11.3 Å². The molecule has 2 aromatic rings. The van der Waals surface area contributed by atoms with E-state index >= 15 is 0 Å². The number of unbranched alkanes of at least 4 members (excludes halogenated alkanes) is 6. The van der Waals surface area contributed by atoms with Gasteiger partial charge in [-0.25, -0.2) is 4.98 Å². The second kappa shape index (κ2) is 14.9. The van der Waals surface area contributed by atoms with E-state index in [0.29, 0.717) is 18.7 Å². The van der Waals surface area contributed by atoms with Crippen LogP contribution in [0.1, 0.15) is 105 Å². The summed E-state index contributed by atoms with van der Waals surface area (Å²) in [5.74, 6) is 0.712. The Hall–Kier alpha value is -2.41. The lowest BCUT2D eigenvalue weighted by Crippen LogP contribution is -2.53. The summed E-state index contributed by atoms with van der Waals surface area (Å²) in [6.07, 6.45) is 12.9. The molecule has 0 aliphatic heterocycles. The molecule has 1 saturated carbocycles. The number of ether oxygens (including phenoxy) is 1.